The van der Waals surface area contributed by atoms with E-state index in [9.17, 15) is 19.5 Å². The van der Waals surface area contributed by atoms with Crippen LogP contribution in [-0.4, -0.2) is 77.2 Å². The Morgan fingerprint density at radius 1 is 0.455 bits per heavy atom. The number of nitrogens with zero attached hydrogens (tertiary/aromatic N) is 2. The fourth-order valence-electron chi connectivity index (χ4n) is 13.7. The van der Waals surface area contributed by atoms with Gasteiger partial charge in [-0.1, -0.05) is 341 Å². The zero-order valence-electron chi connectivity index (χ0n) is 63.2. The highest BCUT2D eigenvalue weighted by Crippen LogP contribution is 2.42. The van der Waals surface area contributed by atoms with E-state index in [4.69, 9.17) is 18.6 Å². The molecule has 0 unspecified atom stereocenters. The lowest BCUT2D eigenvalue weighted by atomic mass is 9.90. The number of carbonyl (C=O) groups is 3. The summed E-state index contributed by atoms with van der Waals surface area (Å²) >= 11 is 0. The third-order valence-corrected chi connectivity index (χ3v) is 19.8. The number of carboxylic acid groups (broad SMARTS) is 1. The molecule has 4 rings (SSSR count). The van der Waals surface area contributed by atoms with E-state index in [0.717, 1.165) is 49.7 Å². The van der Waals surface area contributed by atoms with Gasteiger partial charge in [-0.3, -0.25) is 0 Å². The number of amides is 2. The molecule has 558 valence electrons. The smallest absolute Gasteiger partial charge is 0.407 e. The van der Waals surface area contributed by atoms with E-state index in [1.165, 1.54) is 276 Å². The summed E-state index contributed by atoms with van der Waals surface area (Å²) in [5.41, 5.74) is 3.21. The SMILES string of the molecule is C=CN(CCOC(=O)NCCCCCCCCCCCCCCCCCC)c1ccc2c(-c3ccccc3C(=O)[O-])c3ccc(=[N+](CCOC(=C)NCCCCCCCCCCCCCCCCCC)CCOC(=O)NCCCCCCCCCCCCCCCCCC)cc-3oc2c1. The summed E-state index contributed by atoms with van der Waals surface area (Å²) in [4.78, 5) is 40.5. The Bertz CT molecular complexity index is 2700. The number of benzene rings is 3. The van der Waals surface area contributed by atoms with E-state index in [0.29, 0.717) is 78.6 Å². The van der Waals surface area contributed by atoms with E-state index in [1.807, 2.05) is 47.4 Å². The van der Waals surface area contributed by atoms with E-state index in [-0.39, 0.29) is 18.8 Å². The lowest BCUT2D eigenvalue weighted by molar-refractivity contribution is -0.254. The fourth-order valence-corrected chi connectivity index (χ4v) is 13.7. The summed E-state index contributed by atoms with van der Waals surface area (Å²) in [6.07, 6.45) is 63.6. The number of hydrogen-bond acceptors (Lipinski definition) is 10. The van der Waals surface area contributed by atoms with Crippen LogP contribution in [0.15, 0.2) is 90.3 Å². The molecule has 1 aliphatic heterocycles. The lowest BCUT2D eigenvalue weighted by Gasteiger charge is -2.22. The average Bonchev–Trinajstić information content (AvgIpc) is 0.750. The highest BCUT2D eigenvalue weighted by Gasteiger charge is 2.22. The van der Waals surface area contributed by atoms with Gasteiger partial charge in [-0.05, 0) is 55.8 Å². The molecule has 2 aromatic carbocycles. The maximum atomic E-state index is 13.1. The Labute approximate surface area is 602 Å². The van der Waals surface area contributed by atoms with Gasteiger partial charge >= 0.3 is 12.2 Å². The minimum atomic E-state index is -1.28. The number of carbonyl (C=O) groups excluding carboxylic acids is 3. The van der Waals surface area contributed by atoms with Gasteiger partial charge in [-0.2, -0.15) is 0 Å². The second-order valence-electron chi connectivity index (χ2n) is 28.3. The molecular weight excluding hydrogens is 1230 g/mol. The Kier molecular flexibility index (Phi) is 50.6. The molecule has 2 amide bonds. The Morgan fingerprint density at radius 3 is 1.25 bits per heavy atom. The molecule has 0 saturated heterocycles. The van der Waals surface area contributed by atoms with Gasteiger partial charge in [-0.15, -0.1) is 0 Å². The quantitative estimate of drug-likeness (QED) is 0.0168. The van der Waals surface area contributed by atoms with Crippen molar-refractivity contribution in [3.05, 3.63) is 96.8 Å². The van der Waals surface area contributed by atoms with Crippen LogP contribution >= 0.6 is 0 Å². The molecule has 2 aliphatic rings. The van der Waals surface area contributed by atoms with E-state index >= 15 is 0 Å². The number of alkyl carbamates (subject to hydrolysis) is 2. The average molecular weight is 1370 g/mol. The topological polar surface area (TPSA) is 157 Å². The molecule has 0 radical (unpaired) electrons. The number of carboxylic acids is 1. The van der Waals surface area contributed by atoms with Crippen molar-refractivity contribution in [1.82, 2.24) is 20.5 Å². The monoisotopic (exact) mass is 1370 g/mol. The van der Waals surface area contributed by atoms with E-state index in [2.05, 4.69) is 54.5 Å². The largest absolute Gasteiger partial charge is 0.545 e. The summed E-state index contributed by atoms with van der Waals surface area (Å²) in [5.74, 6) is -0.242. The van der Waals surface area contributed by atoms with Crippen LogP contribution in [0.3, 0.4) is 0 Å². The summed E-state index contributed by atoms with van der Waals surface area (Å²) in [6, 6.07) is 18.6. The van der Waals surface area contributed by atoms with Gasteiger partial charge in [0, 0.05) is 59.5 Å². The summed E-state index contributed by atoms with van der Waals surface area (Å²) in [5, 5.41) is 23.5. The molecule has 0 bridgehead atoms. The number of rotatable bonds is 66. The van der Waals surface area contributed by atoms with Crippen LogP contribution in [-0.2, 0) is 14.2 Å². The van der Waals surface area contributed by atoms with Crippen LogP contribution in [0.4, 0.5) is 15.3 Å². The third-order valence-electron chi connectivity index (χ3n) is 19.8. The maximum absolute atomic E-state index is 13.1. The van der Waals surface area contributed by atoms with Gasteiger partial charge in [0.15, 0.2) is 25.6 Å². The zero-order valence-corrected chi connectivity index (χ0v) is 63.2. The first-order valence-corrected chi connectivity index (χ1v) is 40.9. The standard InChI is InChI=1S/C86H141N5O8/c1-6-10-13-16-19-22-25-28-31-34-37-40-43-46-49-54-63-87-74(5)96-69-67-91(68-71-98-86(95)89-65-56-51-48-45-42-39-36-33-30-27-24-21-18-15-12-8-3)76-60-62-80-82(73-76)99-81-72-75(59-61-79(81)83(80)77-57-52-53-58-78(77)84(92)93)90(9-4)66-70-97-85(94)88-64-55-50-47-44-41-38-35-32-29-26-23-20-17-14-11-7-2/h9,52-53,57-62,72-73,87H,4-8,10-51,54-56,63-71H2,1-3H3,(H2-,88,89,92,93,94,95). The van der Waals surface area contributed by atoms with Gasteiger partial charge in [0.1, 0.15) is 24.6 Å². The number of ether oxygens (including phenoxy) is 3. The van der Waals surface area contributed by atoms with Crippen molar-refractivity contribution >= 4 is 34.8 Å². The van der Waals surface area contributed by atoms with Crippen molar-refractivity contribution in [2.45, 2.75) is 329 Å². The van der Waals surface area contributed by atoms with E-state index in [1.54, 1.807) is 24.4 Å². The molecule has 13 heteroatoms. The Hall–Kier alpha value is -5.98. The van der Waals surface area contributed by atoms with Gasteiger partial charge in [0.05, 0.1) is 18.6 Å². The zero-order chi connectivity index (χ0) is 70.7. The number of hydrogen-bond donors (Lipinski definition) is 3. The van der Waals surface area contributed by atoms with Crippen molar-refractivity contribution < 1.29 is 38.1 Å². The van der Waals surface area contributed by atoms with Crippen molar-refractivity contribution in [2.24, 2.45) is 0 Å². The van der Waals surface area contributed by atoms with Crippen LogP contribution in [0.1, 0.15) is 339 Å². The van der Waals surface area contributed by atoms with Crippen molar-refractivity contribution in [3.63, 3.8) is 0 Å². The first kappa shape index (κ1) is 85.4. The predicted molar refractivity (Wildman–Crippen MR) is 416 cm³/mol. The lowest BCUT2D eigenvalue weighted by Crippen LogP contribution is -2.37. The van der Waals surface area contributed by atoms with Gasteiger partial charge in [-0.25, -0.2) is 14.2 Å². The maximum Gasteiger partial charge on any atom is 0.407 e. The number of unbranched alkanes of at least 4 members (excludes halogenated alkanes) is 45. The molecule has 3 N–H and O–H groups in total. The first-order chi connectivity index (χ1) is 48.7. The van der Waals surface area contributed by atoms with Crippen LogP contribution in [0, 0.1) is 0 Å². The summed E-state index contributed by atoms with van der Waals surface area (Å²) in [6.45, 7) is 18.8. The molecule has 0 spiro atoms. The first-order valence-electron chi connectivity index (χ1n) is 40.9. The molecule has 13 nitrogen and oxygen atoms in total. The third kappa shape index (κ3) is 40.3. The molecule has 0 aromatic heterocycles. The molecule has 0 atom stereocenters. The molecule has 0 saturated carbocycles. The number of fused-ring (bicyclic) bond motifs is 2. The summed E-state index contributed by atoms with van der Waals surface area (Å²) < 4.78 is 26.6. The van der Waals surface area contributed by atoms with Gasteiger partial charge in [0.25, 0.3) is 0 Å². The molecule has 1 aliphatic carbocycles. The van der Waals surface area contributed by atoms with Gasteiger partial charge < -0.3 is 49.4 Å². The normalized spacial score (nSPS) is 11.7. The van der Waals surface area contributed by atoms with Crippen molar-refractivity contribution in [1.29, 1.82) is 0 Å². The minimum absolute atomic E-state index is 0.0603. The Balaban J connectivity index is 1.35. The summed E-state index contributed by atoms with van der Waals surface area (Å²) in [7, 11) is 0. The van der Waals surface area contributed by atoms with Crippen LogP contribution in [0.2, 0.25) is 0 Å². The fraction of sp³-hybridized carbons (Fsp3) is 0.698. The molecule has 0 fully saturated rings. The Morgan fingerprint density at radius 2 is 0.838 bits per heavy atom. The van der Waals surface area contributed by atoms with Crippen LogP contribution in [0.5, 0.6) is 0 Å². The van der Waals surface area contributed by atoms with Crippen LogP contribution < -0.4 is 35.9 Å². The van der Waals surface area contributed by atoms with Crippen LogP contribution in [0.25, 0.3) is 33.4 Å². The molecule has 2 aromatic rings. The number of anilines is 1. The van der Waals surface area contributed by atoms with E-state index < -0.39 is 18.2 Å². The van der Waals surface area contributed by atoms with Crippen molar-refractivity contribution in [2.75, 3.05) is 64.0 Å². The molecule has 99 heavy (non-hydrogen) atoms. The second-order valence-corrected chi connectivity index (χ2v) is 28.3. The predicted octanol–water partition coefficient (Wildman–Crippen LogP) is 22.6. The second kappa shape index (κ2) is 58.6. The van der Waals surface area contributed by atoms with Crippen molar-refractivity contribution in [3.8, 4) is 22.5 Å². The highest BCUT2D eigenvalue weighted by atomic mass is 16.6. The highest BCUT2D eigenvalue weighted by molar-refractivity contribution is 6.07. The van der Waals surface area contributed by atoms with Gasteiger partial charge in [0.2, 0.25) is 5.36 Å². The molecule has 1 heterocycles. The molecular formula is C86H141N5O8. The number of nitrogens with one attached hydrogen (secondary N) is 3. The number of aromatic carboxylic acids is 1. The minimum Gasteiger partial charge on any atom is -0.545 e.